The van der Waals surface area contributed by atoms with Crippen LogP contribution in [0.15, 0.2) is 18.2 Å². The molecule has 1 aromatic carbocycles. The third-order valence-electron chi connectivity index (χ3n) is 1.87. The summed E-state index contributed by atoms with van der Waals surface area (Å²) in [5, 5.41) is 10.7. The van der Waals surface area contributed by atoms with E-state index in [0.717, 1.165) is 5.56 Å². The number of phenolic OH excluding ortho intramolecular Hbond substituents is 1. The van der Waals surface area contributed by atoms with E-state index in [9.17, 15) is 9.90 Å². The largest absolute Gasteiger partial charge is 0.508 e. The highest BCUT2D eigenvalue weighted by atomic mass is 79.9. The highest BCUT2D eigenvalue weighted by molar-refractivity contribution is 9.09. The monoisotopic (exact) mass is 320 g/mol. The number of ketones is 1. The Balaban J connectivity index is 2.91. The van der Waals surface area contributed by atoms with Crippen LogP contribution in [0.1, 0.15) is 22.3 Å². The zero-order valence-corrected chi connectivity index (χ0v) is 10.6. The zero-order chi connectivity index (χ0) is 10.6. The number of hydrogen-bond donors (Lipinski definition) is 1. The second-order valence-electron chi connectivity index (χ2n) is 2.84. The van der Waals surface area contributed by atoms with E-state index in [4.69, 9.17) is 0 Å². The Hall–Kier alpha value is -0.350. The van der Waals surface area contributed by atoms with Crippen LogP contribution in [0, 0.1) is 0 Å². The Morgan fingerprint density at radius 3 is 2.57 bits per heavy atom. The van der Waals surface area contributed by atoms with Gasteiger partial charge in [0, 0.05) is 28.2 Å². The molecule has 1 N–H and O–H groups in total. The lowest BCUT2D eigenvalue weighted by atomic mass is 10.1. The van der Waals surface area contributed by atoms with E-state index in [-0.39, 0.29) is 11.5 Å². The number of carbonyl (C=O) groups is 1. The maximum atomic E-state index is 11.4. The van der Waals surface area contributed by atoms with Crippen LogP contribution in [0.3, 0.4) is 0 Å². The third kappa shape index (κ3) is 2.82. The molecule has 0 fully saturated rings. The number of halogens is 2. The molecule has 0 aliphatic carbocycles. The minimum Gasteiger partial charge on any atom is -0.508 e. The minimum atomic E-state index is 0.0401. The van der Waals surface area contributed by atoms with Crippen molar-refractivity contribution in [3.63, 3.8) is 0 Å². The van der Waals surface area contributed by atoms with Gasteiger partial charge in [0.15, 0.2) is 5.78 Å². The standard InChI is InChI=1S/C10H10Br2O2/c11-4-3-9(13)7-1-2-8(6-12)10(14)5-7/h1-2,5,14H,3-4,6H2. The lowest BCUT2D eigenvalue weighted by Gasteiger charge is -2.03. The Kier molecular flexibility index (Phi) is 4.62. The number of alkyl halides is 2. The van der Waals surface area contributed by atoms with Gasteiger partial charge in [-0.15, -0.1) is 0 Å². The summed E-state index contributed by atoms with van der Waals surface area (Å²) in [6.45, 7) is 0. The molecular weight excluding hydrogens is 312 g/mol. The fraction of sp³-hybridized carbons (Fsp3) is 0.300. The van der Waals surface area contributed by atoms with E-state index in [1.165, 1.54) is 6.07 Å². The molecule has 0 radical (unpaired) electrons. The first-order valence-electron chi connectivity index (χ1n) is 4.16. The number of hydrogen-bond acceptors (Lipinski definition) is 2. The highest BCUT2D eigenvalue weighted by Gasteiger charge is 2.07. The molecule has 0 atom stereocenters. The van der Waals surface area contributed by atoms with Gasteiger partial charge < -0.3 is 5.11 Å². The van der Waals surface area contributed by atoms with Crippen molar-refractivity contribution in [2.24, 2.45) is 0 Å². The Morgan fingerprint density at radius 1 is 1.36 bits per heavy atom. The summed E-state index contributed by atoms with van der Waals surface area (Å²) in [4.78, 5) is 11.4. The van der Waals surface area contributed by atoms with Crippen molar-refractivity contribution in [1.29, 1.82) is 0 Å². The minimum absolute atomic E-state index is 0.0401. The number of phenols is 1. The molecular formula is C10H10Br2O2. The lowest BCUT2D eigenvalue weighted by molar-refractivity contribution is 0.0989. The van der Waals surface area contributed by atoms with Gasteiger partial charge in [-0.3, -0.25) is 4.79 Å². The molecule has 0 amide bonds. The van der Waals surface area contributed by atoms with Gasteiger partial charge in [0.2, 0.25) is 0 Å². The quantitative estimate of drug-likeness (QED) is 0.682. The maximum Gasteiger partial charge on any atom is 0.163 e. The second-order valence-corrected chi connectivity index (χ2v) is 4.19. The van der Waals surface area contributed by atoms with Gasteiger partial charge in [-0.1, -0.05) is 44.0 Å². The average molecular weight is 322 g/mol. The second kappa shape index (κ2) is 5.51. The molecule has 2 nitrogen and oxygen atoms in total. The molecule has 0 aliphatic heterocycles. The molecule has 0 saturated carbocycles. The van der Waals surface area contributed by atoms with Crippen LogP contribution in [-0.2, 0) is 5.33 Å². The molecule has 0 unspecified atom stereocenters. The average Bonchev–Trinajstić information content (AvgIpc) is 2.18. The van der Waals surface area contributed by atoms with Gasteiger partial charge in [0.1, 0.15) is 5.75 Å². The van der Waals surface area contributed by atoms with E-state index in [1.54, 1.807) is 12.1 Å². The van der Waals surface area contributed by atoms with Crippen molar-refractivity contribution in [1.82, 2.24) is 0 Å². The van der Waals surface area contributed by atoms with Gasteiger partial charge >= 0.3 is 0 Å². The van der Waals surface area contributed by atoms with Crippen LogP contribution < -0.4 is 0 Å². The predicted octanol–water partition coefficient (Wildman–Crippen LogP) is 3.25. The first-order valence-corrected chi connectivity index (χ1v) is 6.40. The Labute approximate surface area is 99.6 Å². The van der Waals surface area contributed by atoms with Gasteiger partial charge in [-0.2, -0.15) is 0 Å². The maximum absolute atomic E-state index is 11.4. The molecule has 0 saturated heterocycles. The van der Waals surface area contributed by atoms with Gasteiger partial charge in [-0.25, -0.2) is 0 Å². The van der Waals surface area contributed by atoms with Crippen molar-refractivity contribution in [2.75, 3.05) is 5.33 Å². The van der Waals surface area contributed by atoms with Crippen molar-refractivity contribution in [2.45, 2.75) is 11.8 Å². The normalized spacial score (nSPS) is 10.1. The Bertz CT molecular complexity index is 337. The van der Waals surface area contributed by atoms with E-state index in [1.807, 2.05) is 0 Å². The number of carbonyl (C=O) groups excluding carboxylic acids is 1. The molecule has 14 heavy (non-hydrogen) atoms. The topological polar surface area (TPSA) is 37.3 Å². The summed E-state index contributed by atoms with van der Waals surface area (Å²) in [6.07, 6.45) is 0.451. The molecule has 0 heterocycles. The zero-order valence-electron chi connectivity index (χ0n) is 7.46. The molecule has 4 heteroatoms. The van der Waals surface area contributed by atoms with Crippen LogP contribution in [0.4, 0.5) is 0 Å². The highest BCUT2D eigenvalue weighted by Crippen LogP contribution is 2.21. The summed E-state index contributed by atoms with van der Waals surface area (Å²) in [5.41, 5.74) is 1.35. The summed E-state index contributed by atoms with van der Waals surface area (Å²) in [6, 6.07) is 5.01. The van der Waals surface area contributed by atoms with E-state index in [2.05, 4.69) is 31.9 Å². The third-order valence-corrected chi connectivity index (χ3v) is 2.87. The summed E-state index contributed by atoms with van der Waals surface area (Å²) in [7, 11) is 0. The van der Waals surface area contributed by atoms with Crippen molar-refractivity contribution in [3.8, 4) is 5.75 Å². The first kappa shape index (κ1) is 11.7. The van der Waals surface area contributed by atoms with Gasteiger partial charge in [0.25, 0.3) is 0 Å². The van der Waals surface area contributed by atoms with E-state index in [0.29, 0.717) is 22.6 Å². The fourth-order valence-corrected chi connectivity index (χ4v) is 1.91. The molecule has 0 bridgehead atoms. The number of rotatable bonds is 4. The van der Waals surface area contributed by atoms with Crippen LogP contribution in [0.5, 0.6) is 5.75 Å². The van der Waals surface area contributed by atoms with Crippen LogP contribution >= 0.6 is 31.9 Å². The van der Waals surface area contributed by atoms with E-state index < -0.39 is 0 Å². The molecule has 1 aromatic rings. The van der Waals surface area contributed by atoms with Gasteiger partial charge in [0.05, 0.1) is 0 Å². The van der Waals surface area contributed by atoms with Crippen LogP contribution in [0.25, 0.3) is 0 Å². The molecule has 0 aromatic heterocycles. The Morgan fingerprint density at radius 2 is 2.07 bits per heavy atom. The van der Waals surface area contributed by atoms with Crippen LogP contribution in [-0.4, -0.2) is 16.2 Å². The van der Waals surface area contributed by atoms with Gasteiger partial charge in [-0.05, 0) is 6.07 Å². The lowest BCUT2D eigenvalue weighted by Crippen LogP contribution is -1.99. The number of benzene rings is 1. The summed E-state index contributed by atoms with van der Waals surface area (Å²) < 4.78 is 0. The molecule has 0 aliphatic rings. The smallest absolute Gasteiger partial charge is 0.163 e. The van der Waals surface area contributed by atoms with E-state index >= 15 is 0 Å². The molecule has 1 rings (SSSR count). The SMILES string of the molecule is O=C(CCBr)c1ccc(CBr)c(O)c1. The van der Waals surface area contributed by atoms with Crippen molar-refractivity contribution >= 4 is 37.6 Å². The number of aromatic hydroxyl groups is 1. The van der Waals surface area contributed by atoms with Crippen molar-refractivity contribution in [3.05, 3.63) is 29.3 Å². The molecule has 0 spiro atoms. The number of Topliss-reactive ketones (excluding diaryl/α,β-unsaturated/α-hetero) is 1. The molecule has 76 valence electrons. The summed E-state index contributed by atoms with van der Waals surface area (Å²) in [5.74, 6) is 0.209. The first-order chi connectivity index (χ1) is 6.69. The predicted molar refractivity (Wildman–Crippen MR) is 63.5 cm³/mol. The fourth-order valence-electron chi connectivity index (χ4n) is 1.08. The van der Waals surface area contributed by atoms with Crippen molar-refractivity contribution < 1.29 is 9.90 Å². The van der Waals surface area contributed by atoms with Crippen LogP contribution in [0.2, 0.25) is 0 Å². The summed E-state index contributed by atoms with van der Waals surface area (Å²) >= 11 is 6.45.